The molecule has 0 fully saturated rings. The molecule has 0 spiro atoms. The van der Waals surface area contributed by atoms with E-state index in [-0.39, 0.29) is 5.41 Å². The average molecular weight is 648 g/mol. The molecule has 1 aliphatic carbocycles. The van der Waals surface area contributed by atoms with E-state index in [1.54, 1.807) is 0 Å². The van der Waals surface area contributed by atoms with Gasteiger partial charge >= 0.3 is 0 Å². The van der Waals surface area contributed by atoms with Crippen LogP contribution in [0.1, 0.15) is 42.5 Å². The van der Waals surface area contributed by atoms with Crippen molar-refractivity contribution in [1.82, 2.24) is 15.3 Å². The highest BCUT2D eigenvalue weighted by Crippen LogP contribution is 2.37. The van der Waals surface area contributed by atoms with E-state index in [0.717, 1.165) is 62.6 Å². The third-order valence-corrected chi connectivity index (χ3v) is 9.60. The van der Waals surface area contributed by atoms with E-state index in [0.29, 0.717) is 5.84 Å². The zero-order valence-electron chi connectivity index (χ0n) is 28.2. The van der Waals surface area contributed by atoms with Gasteiger partial charge in [-0.25, -0.2) is 9.98 Å². The van der Waals surface area contributed by atoms with E-state index < -0.39 is 5.66 Å². The summed E-state index contributed by atoms with van der Waals surface area (Å²) in [6, 6.07) is 46.2. The van der Waals surface area contributed by atoms with Gasteiger partial charge < -0.3 is 5.32 Å². The molecule has 2 aromatic heterocycles. The van der Waals surface area contributed by atoms with Gasteiger partial charge in [0.2, 0.25) is 0 Å². The van der Waals surface area contributed by atoms with Gasteiger partial charge in [-0.3, -0.25) is 9.97 Å². The Bertz CT molecular complexity index is 2290. The van der Waals surface area contributed by atoms with Crippen LogP contribution in [0.15, 0.2) is 180 Å². The molecule has 2 unspecified atom stereocenters. The van der Waals surface area contributed by atoms with Crippen LogP contribution in [0.2, 0.25) is 0 Å². The lowest BCUT2D eigenvalue weighted by atomic mass is 9.76. The number of pyridine rings is 2. The largest absolute Gasteiger partial charge is 0.342 e. The first-order chi connectivity index (χ1) is 24.5. The number of allylic oxidation sites excluding steroid dienone is 4. The Kier molecular flexibility index (Phi) is 8.09. The van der Waals surface area contributed by atoms with Crippen molar-refractivity contribution in [1.29, 1.82) is 0 Å². The summed E-state index contributed by atoms with van der Waals surface area (Å²) in [6.07, 6.45) is 13.4. The van der Waals surface area contributed by atoms with Gasteiger partial charge in [0, 0.05) is 40.1 Å². The lowest BCUT2D eigenvalue weighted by Gasteiger charge is -2.34. The average Bonchev–Trinajstić information content (AvgIpc) is 3.19. The van der Waals surface area contributed by atoms with Crippen LogP contribution in [-0.2, 0) is 11.1 Å². The Labute approximate surface area is 293 Å². The highest BCUT2D eigenvalue weighted by molar-refractivity contribution is 6.14. The summed E-state index contributed by atoms with van der Waals surface area (Å²) < 4.78 is 0. The standard InChI is InChI=1S/C45H37N5/c1-44(23-9-4-10-24-44)39-30-36(32-15-5-3-6-16-32)28-37(31-39)43-48-42(35-19-13-17-33(27-35)40-21-7-11-25-46-40)49-45(2,50-43)38-20-14-18-34(29-38)41-22-8-12-26-47-41/h3-23,25-31H,24H2,1-2H3,(H,48,49,50). The summed E-state index contributed by atoms with van der Waals surface area (Å²) >= 11 is 0. The SMILES string of the molecule is CC1(c2cc(C3=NC(C)(c4cccc(-c5ccccn5)c4)NC(c4cccc(-c5ccccn5)c4)=N3)cc(-c3ccccc3)c2)C=CC=CC1. The minimum atomic E-state index is -0.835. The smallest absolute Gasteiger partial charge is 0.159 e. The van der Waals surface area contributed by atoms with E-state index in [4.69, 9.17) is 9.98 Å². The molecule has 6 aromatic rings. The van der Waals surface area contributed by atoms with E-state index in [9.17, 15) is 0 Å². The monoisotopic (exact) mass is 647 g/mol. The van der Waals surface area contributed by atoms with Crippen molar-refractivity contribution in [2.24, 2.45) is 9.98 Å². The van der Waals surface area contributed by atoms with Crippen molar-refractivity contribution in [3.63, 3.8) is 0 Å². The maximum absolute atomic E-state index is 5.44. The van der Waals surface area contributed by atoms with Gasteiger partial charge in [-0.1, -0.05) is 116 Å². The lowest BCUT2D eigenvalue weighted by molar-refractivity contribution is 0.455. The zero-order valence-corrected chi connectivity index (χ0v) is 28.2. The maximum atomic E-state index is 5.44. The topological polar surface area (TPSA) is 62.5 Å². The molecular formula is C45H37N5. The molecule has 2 aliphatic rings. The summed E-state index contributed by atoms with van der Waals surface area (Å²) in [7, 11) is 0. The van der Waals surface area contributed by atoms with E-state index in [1.807, 2.05) is 48.8 Å². The molecule has 242 valence electrons. The van der Waals surface area contributed by atoms with E-state index in [1.165, 1.54) is 5.56 Å². The van der Waals surface area contributed by atoms with Crippen LogP contribution in [0.5, 0.6) is 0 Å². The third kappa shape index (κ3) is 6.22. The molecule has 0 saturated carbocycles. The molecule has 0 saturated heterocycles. The molecule has 2 atom stereocenters. The Morgan fingerprint density at radius 1 is 0.540 bits per heavy atom. The number of nitrogens with zero attached hydrogens (tertiary/aromatic N) is 4. The number of hydrogen-bond acceptors (Lipinski definition) is 5. The predicted octanol–water partition coefficient (Wildman–Crippen LogP) is 9.92. The minimum absolute atomic E-state index is 0.161. The van der Waals surface area contributed by atoms with Gasteiger partial charge in [-0.2, -0.15) is 0 Å². The highest BCUT2D eigenvalue weighted by Gasteiger charge is 2.33. The summed E-state index contributed by atoms with van der Waals surface area (Å²) in [6.45, 7) is 4.43. The van der Waals surface area contributed by atoms with Gasteiger partial charge in [-0.05, 0) is 84.1 Å². The van der Waals surface area contributed by atoms with Crippen molar-refractivity contribution in [2.75, 3.05) is 0 Å². The van der Waals surface area contributed by atoms with Crippen LogP contribution in [0.25, 0.3) is 33.6 Å². The molecule has 0 bridgehead atoms. The molecule has 5 nitrogen and oxygen atoms in total. The number of benzene rings is 4. The van der Waals surface area contributed by atoms with Crippen LogP contribution < -0.4 is 5.32 Å². The molecule has 1 N–H and O–H groups in total. The fraction of sp³-hybridized carbons (Fsp3) is 0.111. The first kappa shape index (κ1) is 31.1. The first-order valence-corrected chi connectivity index (χ1v) is 17.0. The van der Waals surface area contributed by atoms with Gasteiger partial charge in [0.25, 0.3) is 0 Å². The van der Waals surface area contributed by atoms with Gasteiger partial charge in [-0.15, -0.1) is 0 Å². The van der Waals surface area contributed by atoms with Crippen molar-refractivity contribution in [3.8, 4) is 33.6 Å². The Morgan fingerprint density at radius 2 is 1.16 bits per heavy atom. The summed E-state index contributed by atoms with van der Waals surface area (Å²) in [5.41, 5.74) is 9.34. The lowest BCUT2D eigenvalue weighted by Crippen LogP contribution is -2.46. The molecule has 3 heterocycles. The molecule has 5 heteroatoms. The predicted molar refractivity (Wildman–Crippen MR) is 205 cm³/mol. The summed E-state index contributed by atoms with van der Waals surface area (Å²) in [5.74, 6) is 1.42. The van der Waals surface area contributed by atoms with Crippen LogP contribution in [0.4, 0.5) is 0 Å². The zero-order chi connectivity index (χ0) is 34.0. The molecule has 1 aliphatic heterocycles. The van der Waals surface area contributed by atoms with Crippen molar-refractivity contribution in [2.45, 2.75) is 31.3 Å². The maximum Gasteiger partial charge on any atom is 0.159 e. The number of nitrogens with one attached hydrogen (secondary N) is 1. The second-order valence-electron chi connectivity index (χ2n) is 13.3. The Morgan fingerprint density at radius 3 is 1.86 bits per heavy atom. The molecule has 8 rings (SSSR count). The second-order valence-corrected chi connectivity index (χ2v) is 13.3. The fourth-order valence-corrected chi connectivity index (χ4v) is 6.73. The number of aliphatic imine (C=N–C) groups is 2. The van der Waals surface area contributed by atoms with Crippen molar-refractivity contribution < 1.29 is 0 Å². The van der Waals surface area contributed by atoms with Crippen LogP contribution in [0, 0.1) is 0 Å². The molecule has 50 heavy (non-hydrogen) atoms. The number of aromatic nitrogens is 2. The molecule has 4 aromatic carbocycles. The quantitative estimate of drug-likeness (QED) is 0.188. The minimum Gasteiger partial charge on any atom is -0.342 e. The van der Waals surface area contributed by atoms with Crippen molar-refractivity contribution in [3.05, 3.63) is 192 Å². The van der Waals surface area contributed by atoms with Crippen LogP contribution in [-0.4, -0.2) is 21.6 Å². The summed E-state index contributed by atoms with van der Waals surface area (Å²) in [5, 5.41) is 3.75. The number of rotatable bonds is 7. The van der Waals surface area contributed by atoms with E-state index in [2.05, 4.69) is 150 Å². The molecule has 0 amide bonds. The number of hydrogen-bond donors (Lipinski definition) is 1. The Balaban J connectivity index is 1.31. The van der Waals surface area contributed by atoms with E-state index >= 15 is 0 Å². The first-order valence-electron chi connectivity index (χ1n) is 17.0. The molecular weight excluding hydrogens is 611 g/mol. The normalized spacial score (nSPS) is 19.7. The van der Waals surface area contributed by atoms with Gasteiger partial charge in [0.05, 0.1) is 11.4 Å². The number of amidine groups is 2. The van der Waals surface area contributed by atoms with Gasteiger partial charge in [0.1, 0.15) is 5.84 Å². The van der Waals surface area contributed by atoms with Gasteiger partial charge in [0.15, 0.2) is 11.5 Å². The summed E-state index contributed by atoms with van der Waals surface area (Å²) in [4.78, 5) is 20.0. The highest BCUT2D eigenvalue weighted by atomic mass is 15.2. The Hall–Kier alpha value is -6.20. The van der Waals surface area contributed by atoms with Crippen LogP contribution >= 0.6 is 0 Å². The van der Waals surface area contributed by atoms with Crippen molar-refractivity contribution >= 4 is 11.7 Å². The third-order valence-electron chi connectivity index (χ3n) is 9.60. The molecule has 0 radical (unpaired) electrons. The van der Waals surface area contributed by atoms with Crippen LogP contribution in [0.3, 0.4) is 0 Å². The second kappa shape index (κ2) is 13.0. The fourth-order valence-electron chi connectivity index (χ4n) is 6.73.